The Labute approximate surface area is 108 Å². The van der Waals surface area contributed by atoms with Crippen LogP contribution in [0.2, 0.25) is 0 Å². The van der Waals surface area contributed by atoms with Gasteiger partial charge in [0.25, 0.3) is 0 Å². The number of hydrogen-bond donors (Lipinski definition) is 3. The van der Waals surface area contributed by atoms with Crippen molar-refractivity contribution in [1.29, 1.82) is 0 Å². The zero-order valence-corrected chi connectivity index (χ0v) is 10.9. The van der Waals surface area contributed by atoms with Crippen molar-refractivity contribution in [2.45, 2.75) is 51.1 Å². The van der Waals surface area contributed by atoms with E-state index in [1.165, 1.54) is 0 Å². The molecule has 2 rings (SSSR count). The summed E-state index contributed by atoms with van der Waals surface area (Å²) in [6.45, 7) is 2.67. The minimum atomic E-state index is 0.0894. The Morgan fingerprint density at radius 3 is 2.83 bits per heavy atom. The van der Waals surface area contributed by atoms with Crippen molar-refractivity contribution in [3.63, 3.8) is 0 Å². The molecule has 1 aliphatic carbocycles. The van der Waals surface area contributed by atoms with Crippen LogP contribution in [0.25, 0.3) is 0 Å². The molecule has 0 aromatic carbocycles. The summed E-state index contributed by atoms with van der Waals surface area (Å²) in [6, 6.07) is 0.355. The molecule has 2 fully saturated rings. The van der Waals surface area contributed by atoms with E-state index in [0.717, 1.165) is 25.7 Å². The molecule has 0 bridgehead atoms. The van der Waals surface area contributed by atoms with Crippen LogP contribution in [0.4, 0.5) is 0 Å². The summed E-state index contributed by atoms with van der Waals surface area (Å²) in [4.78, 5) is 23.1. The summed E-state index contributed by atoms with van der Waals surface area (Å²) >= 11 is 0. The first kappa shape index (κ1) is 13.3. The van der Waals surface area contributed by atoms with Crippen LogP contribution in [-0.2, 0) is 9.59 Å². The fourth-order valence-corrected chi connectivity index (χ4v) is 2.86. The van der Waals surface area contributed by atoms with E-state index in [2.05, 4.69) is 17.6 Å². The first-order valence-electron chi connectivity index (χ1n) is 6.89. The zero-order chi connectivity index (χ0) is 13.1. The van der Waals surface area contributed by atoms with E-state index in [0.29, 0.717) is 18.9 Å². The third-order valence-electron chi connectivity index (χ3n) is 4.21. The van der Waals surface area contributed by atoms with E-state index in [1.807, 2.05) is 0 Å². The second-order valence-corrected chi connectivity index (χ2v) is 5.70. The lowest BCUT2D eigenvalue weighted by Crippen LogP contribution is -2.44. The molecule has 1 saturated carbocycles. The Hall–Kier alpha value is -1.10. The van der Waals surface area contributed by atoms with Gasteiger partial charge in [-0.1, -0.05) is 6.92 Å². The topological polar surface area (TPSA) is 84.2 Å². The maximum absolute atomic E-state index is 12.0. The van der Waals surface area contributed by atoms with Gasteiger partial charge in [-0.15, -0.1) is 0 Å². The molecule has 5 heteroatoms. The molecular weight excluding hydrogens is 230 g/mol. The second-order valence-electron chi connectivity index (χ2n) is 5.70. The highest BCUT2D eigenvalue weighted by Crippen LogP contribution is 2.28. The van der Waals surface area contributed by atoms with Gasteiger partial charge >= 0.3 is 0 Å². The van der Waals surface area contributed by atoms with E-state index in [4.69, 9.17) is 5.73 Å². The lowest BCUT2D eigenvalue weighted by molar-refractivity contribution is -0.126. The summed E-state index contributed by atoms with van der Waals surface area (Å²) in [7, 11) is 0. The Kier molecular flexibility index (Phi) is 4.22. The molecule has 2 amide bonds. The van der Waals surface area contributed by atoms with Crippen LogP contribution in [0.1, 0.15) is 39.0 Å². The van der Waals surface area contributed by atoms with Crippen molar-refractivity contribution in [2.75, 3.05) is 6.54 Å². The summed E-state index contributed by atoms with van der Waals surface area (Å²) < 4.78 is 0. The third-order valence-corrected chi connectivity index (χ3v) is 4.21. The predicted octanol–water partition coefficient (Wildman–Crippen LogP) is 0.145. The van der Waals surface area contributed by atoms with Crippen LogP contribution in [0.15, 0.2) is 0 Å². The minimum Gasteiger partial charge on any atom is -0.354 e. The van der Waals surface area contributed by atoms with E-state index in [1.54, 1.807) is 0 Å². The SMILES string of the molecule is CC1CC(C(=O)NCC2CCC(=O)N2)CCC1N. The van der Waals surface area contributed by atoms with E-state index < -0.39 is 0 Å². The number of carbonyl (C=O) groups excluding carboxylic acids is 2. The van der Waals surface area contributed by atoms with Gasteiger partial charge in [-0.2, -0.15) is 0 Å². The summed E-state index contributed by atoms with van der Waals surface area (Å²) in [5.41, 5.74) is 5.95. The van der Waals surface area contributed by atoms with Crippen LogP contribution >= 0.6 is 0 Å². The van der Waals surface area contributed by atoms with Gasteiger partial charge in [0.15, 0.2) is 0 Å². The van der Waals surface area contributed by atoms with Crippen LogP contribution in [0.3, 0.4) is 0 Å². The minimum absolute atomic E-state index is 0.0894. The Balaban J connectivity index is 1.73. The number of rotatable bonds is 3. The third kappa shape index (κ3) is 3.22. The van der Waals surface area contributed by atoms with Crippen molar-refractivity contribution in [3.05, 3.63) is 0 Å². The van der Waals surface area contributed by atoms with E-state index >= 15 is 0 Å². The first-order chi connectivity index (χ1) is 8.56. The molecule has 0 aromatic heterocycles. The molecule has 0 aromatic rings. The van der Waals surface area contributed by atoms with Crippen molar-refractivity contribution in [3.8, 4) is 0 Å². The van der Waals surface area contributed by atoms with Gasteiger partial charge in [0.2, 0.25) is 11.8 Å². The maximum atomic E-state index is 12.0. The van der Waals surface area contributed by atoms with Crippen molar-refractivity contribution in [2.24, 2.45) is 17.6 Å². The van der Waals surface area contributed by atoms with Crippen LogP contribution in [-0.4, -0.2) is 30.4 Å². The number of amides is 2. The largest absolute Gasteiger partial charge is 0.354 e. The van der Waals surface area contributed by atoms with Crippen molar-refractivity contribution in [1.82, 2.24) is 10.6 Å². The molecule has 18 heavy (non-hydrogen) atoms. The molecule has 4 N–H and O–H groups in total. The van der Waals surface area contributed by atoms with Gasteiger partial charge in [-0.3, -0.25) is 9.59 Å². The fourth-order valence-electron chi connectivity index (χ4n) is 2.86. The molecule has 102 valence electrons. The molecule has 0 spiro atoms. The Morgan fingerprint density at radius 1 is 1.44 bits per heavy atom. The average Bonchev–Trinajstić information content (AvgIpc) is 2.75. The van der Waals surface area contributed by atoms with Crippen molar-refractivity contribution >= 4 is 11.8 Å². The van der Waals surface area contributed by atoms with Gasteiger partial charge in [0, 0.05) is 31.0 Å². The van der Waals surface area contributed by atoms with Crippen LogP contribution in [0, 0.1) is 11.8 Å². The lowest BCUT2D eigenvalue weighted by Gasteiger charge is -2.31. The van der Waals surface area contributed by atoms with Gasteiger partial charge in [0.05, 0.1) is 0 Å². The van der Waals surface area contributed by atoms with Crippen LogP contribution < -0.4 is 16.4 Å². The number of carbonyl (C=O) groups is 2. The smallest absolute Gasteiger partial charge is 0.223 e. The Bertz CT molecular complexity index is 332. The van der Waals surface area contributed by atoms with Crippen molar-refractivity contribution < 1.29 is 9.59 Å². The van der Waals surface area contributed by atoms with E-state index in [9.17, 15) is 9.59 Å². The standard InChI is InChI=1S/C13H23N3O2/c1-8-6-9(2-4-11(8)14)13(18)15-7-10-3-5-12(17)16-10/h8-11H,2-7,14H2,1H3,(H,15,18)(H,16,17). The summed E-state index contributed by atoms with van der Waals surface area (Å²) in [6.07, 6.45) is 4.10. The molecule has 5 nitrogen and oxygen atoms in total. The predicted molar refractivity (Wildman–Crippen MR) is 68.7 cm³/mol. The van der Waals surface area contributed by atoms with Gasteiger partial charge in [0.1, 0.15) is 0 Å². The highest BCUT2D eigenvalue weighted by Gasteiger charge is 2.30. The van der Waals surface area contributed by atoms with Gasteiger partial charge in [-0.25, -0.2) is 0 Å². The van der Waals surface area contributed by atoms with Gasteiger partial charge in [-0.05, 0) is 31.6 Å². The quantitative estimate of drug-likeness (QED) is 0.669. The summed E-state index contributed by atoms with van der Waals surface area (Å²) in [5.74, 6) is 0.721. The number of hydrogen-bond acceptors (Lipinski definition) is 3. The average molecular weight is 253 g/mol. The summed E-state index contributed by atoms with van der Waals surface area (Å²) in [5, 5.41) is 5.81. The normalized spacial score (nSPS) is 36.2. The lowest BCUT2D eigenvalue weighted by atomic mass is 9.79. The highest BCUT2D eigenvalue weighted by molar-refractivity contribution is 5.80. The molecule has 1 heterocycles. The molecule has 1 aliphatic heterocycles. The Morgan fingerprint density at radius 2 is 2.22 bits per heavy atom. The molecule has 4 unspecified atom stereocenters. The van der Waals surface area contributed by atoms with E-state index in [-0.39, 0.29) is 29.8 Å². The fraction of sp³-hybridized carbons (Fsp3) is 0.846. The molecular formula is C13H23N3O2. The van der Waals surface area contributed by atoms with Crippen LogP contribution in [0.5, 0.6) is 0 Å². The first-order valence-corrected chi connectivity index (χ1v) is 6.89. The zero-order valence-electron chi connectivity index (χ0n) is 10.9. The van der Waals surface area contributed by atoms with Gasteiger partial charge < -0.3 is 16.4 Å². The maximum Gasteiger partial charge on any atom is 0.223 e. The molecule has 1 saturated heterocycles. The molecule has 2 aliphatic rings. The molecule has 4 atom stereocenters. The monoisotopic (exact) mass is 253 g/mol. The second kappa shape index (κ2) is 5.69. The number of nitrogens with two attached hydrogens (primary N) is 1. The highest BCUT2D eigenvalue weighted by atomic mass is 16.2. The number of nitrogens with one attached hydrogen (secondary N) is 2. The molecule has 0 radical (unpaired) electrons.